The Bertz CT molecular complexity index is 738. The third-order valence-corrected chi connectivity index (χ3v) is 4.98. The number of halogens is 1. The first kappa shape index (κ1) is 14.0. The Morgan fingerprint density at radius 2 is 2.00 bits per heavy atom. The van der Waals surface area contributed by atoms with Crippen molar-refractivity contribution in [2.45, 2.75) is 24.7 Å². The molecule has 0 unspecified atom stereocenters. The number of ketones is 1. The molecule has 1 fully saturated rings. The van der Waals surface area contributed by atoms with E-state index in [2.05, 4.69) is 27.6 Å². The minimum atomic E-state index is -0.355. The summed E-state index contributed by atoms with van der Waals surface area (Å²) in [6.07, 6.45) is 3.97. The van der Waals surface area contributed by atoms with E-state index in [4.69, 9.17) is 9.47 Å². The number of carbonyl (C=O) groups is 1. The van der Waals surface area contributed by atoms with Gasteiger partial charge in [-0.3, -0.25) is 9.78 Å². The van der Waals surface area contributed by atoms with Crippen molar-refractivity contribution in [3.05, 3.63) is 51.4 Å². The number of carbonyl (C=O) groups excluding carboxylic acids is 1. The monoisotopic (exact) mass is 407 g/mol. The number of rotatable bonds is 4. The molecule has 2 aliphatic rings. The zero-order valence-corrected chi connectivity index (χ0v) is 14.0. The van der Waals surface area contributed by atoms with Gasteiger partial charge in [0.2, 0.25) is 6.79 Å². The first-order valence-corrected chi connectivity index (χ1v) is 8.29. The highest BCUT2D eigenvalue weighted by Crippen LogP contribution is 2.51. The first-order chi connectivity index (χ1) is 10.7. The second-order valence-electron chi connectivity index (χ2n) is 5.72. The first-order valence-electron chi connectivity index (χ1n) is 7.21. The van der Waals surface area contributed by atoms with Crippen LogP contribution in [-0.4, -0.2) is 17.6 Å². The summed E-state index contributed by atoms with van der Waals surface area (Å²) < 4.78 is 11.8. The number of ether oxygens (including phenoxy) is 2. The van der Waals surface area contributed by atoms with Crippen molar-refractivity contribution < 1.29 is 14.3 Å². The molecule has 2 heterocycles. The van der Waals surface area contributed by atoms with Gasteiger partial charge in [-0.15, -0.1) is 0 Å². The van der Waals surface area contributed by atoms with Crippen molar-refractivity contribution in [3.63, 3.8) is 0 Å². The number of Topliss-reactive ketones (excluding diaryl/α,β-unsaturated/α-hetero) is 1. The Kier molecular flexibility index (Phi) is 3.32. The topological polar surface area (TPSA) is 48.4 Å². The van der Waals surface area contributed by atoms with E-state index in [-0.39, 0.29) is 18.0 Å². The Morgan fingerprint density at radius 3 is 2.73 bits per heavy atom. The number of hydrogen-bond donors (Lipinski definition) is 0. The summed E-state index contributed by atoms with van der Waals surface area (Å²) in [5.41, 5.74) is 1.51. The number of hydrogen-bond acceptors (Lipinski definition) is 4. The minimum Gasteiger partial charge on any atom is -0.454 e. The average Bonchev–Trinajstić information content (AvgIpc) is 3.21. The molecule has 0 atom stereocenters. The molecular weight excluding hydrogens is 393 g/mol. The van der Waals surface area contributed by atoms with Crippen LogP contribution in [0, 0.1) is 3.57 Å². The van der Waals surface area contributed by atoms with Crippen LogP contribution in [0.3, 0.4) is 0 Å². The molecule has 0 bridgehead atoms. The van der Waals surface area contributed by atoms with E-state index < -0.39 is 0 Å². The predicted octanol–water partition coefficient (Wildman–Crippen LogP) is 3.26. The summed E-state index contributed by atoms with van der Waals surface area (Å²) in [7, 11) is 0. The second kappa shape index (κ2) is 5.22. The number of fused-ring (bicyclic) bond motifs is 1. The predicted molar refractivity (Wildman–Crippen MR) is 89.1 cm³/mol. The van der Waals surface area contributed by atoms with Crippen molar-refractivity contribution in [2.75, 3.05) is 6.79 Å². The molecular formula is C17H14INO3. The van der Waals surface area contributed by atoms with Crippen molar-refractivity contribution in [3.8, 4) is 11.5 Å². The molecule has 2 aromatic rings. The molecule has 5 heteroatoms. The largest absolute Gasteiger partial charge is 0.454 e. The van der Waals surface area contributed by atoms with Gasteiger partial charge in [0.1, 0.15) is 5.78 Å². The van der Waals surface area contributed by atoms with Crippen LogP contribution < -0.4 is 9.47 Å². The van der Waals surface area contributed by atoms with Gasteiger partial charge in [-0.25, -0.2) is 0 Å². The molecule has 4 nitrogen and oxygen atoms in total. The lowest BCUT2D eigenvalue weighted by molar-refractivity contribution is -0.120. The zero-order chi connectivity index (χ0) is 15.2. The molecule has 0 saturated heterocycles. The highest BCUT2D eigenvalue weighted by atomic mass is 127. The molecule has 0 N–H and O–H groups in total. The summed E-state index contributed by atoms with van der Waals surface area (Å²) in [5.74, 6) is 1.73. The van der Waals surface area contributed by atoms with Crippen LogP contribution in [0.2, 0.25) is 0 Å². The smallest absolute Gasteiger partial charge is 0.231 e. The number of pyridine rings is 1. The maximum absolute atomic E-state index is 12.8. The fourth-order valence-electron chi connectivity index (χ4n) is 2.89. The van der Waals surface area contributed by atoms with E-state index in [0.29, 0.717) is 6.42 Å². The van der Waals surface area contributed by atoms with E-state index in [1.807, 2.05) is 30.3 Å². The molecule has 1 saturated carbocycles. The maximum atomic E-state index is 12.8. The molecule has 1 aliphatic heterocycles. The van der Waals surface area contributed by atoms with Gasteiger partial charge in [0.25, 0.3) is 0 Å². The van der Waals surface area contributed by atoms with Crippen LogP contribution in [0.25, 0.3) is 0 Å². The summed E-state index contributed by atoms with van der Waals surface area (Å²) >= 11 is 2.21. The molecule has 112 valence electrons. The van der Waals surface area contributed by atoms with E-state index >= 15 is 0 Å². The molecule has 0 spiro atoms. The third kappa shape index (κ3) is 2.37. The quantitative estimate of drug-likeness (QED) is 0.731. The fraction of sp³-hybridized carbons (Fsp3) is 0.294. The molecule has 4 rings (SSSR count). The van der Waals surface area contributed by atoms with Crippen LogP contribution >= 0.6 is 22.6 Å². The molecule has 1 aromatic carbocycles. The number of aromatic nitrogens is 1. The standard InChI is InChI=1S/C17H14INO3/c18-12-2-3-13(19-9-12)8-16(20)17(5-6-17)11-1-4-14-15(7-11)22-10-21-14/h1-4,7,9H,5-6,8,10H2. The SMILES string of the molecule is O=C(Cc1ccc(I)cn1)C1(c2ccc3c(c2)OCO3)CC1. The molecule has 0 amide bonds. The minimum absolute atomic E-state index is 0.236. The van der Waals surface area contributed by atoms with E-state index in [9.17, 15) is 4.79 Å². The molecule has 22 heavy (non-hydrogen) atoms. The summed E-state index contributed by atoms with van der Waals surface area (Å²) in [6.45, 7) is 0.256. The van der Waals surface area contributed by atoms with Gasteiger partial charge in [0, 0.05) is 21.9 Å². The average molecular weight is 407 g/mol. The lowest BCUT2D eigenvalue weighted by atomic mass is 9.88. The van der Waals surface area contributed by atoms with E-state index in [0.717, 1.165) is 39.2 Å². The van der Waals surface area contributed by atoms with Gasteiger partial charge >= 0.3 is 0 Å². The molecule has 1 aromatic heterocycles. The normalized spacial score (nSPS) is 17.3. The fourth-order valence-corrected chi connectivity index (χ4v) is 3.21. The number of nitrogens with zero attached hydrogens (tertiary/aromatic N) is 1. The van der Waals surface area contributed by atoms with Crippen molar-refractivity contribution >= 4 is 28.4 Å². The summed E-state index contributed by atoms with van der Waals surface area (Å²) in [5, 5.41) is 0. The number of benzene rings is 1. The van der Waals surface area contributed by atoms with E-state index in [1.165, 1.54) is 0 Å². The van der Waals surface area contributed by atoms with Crippen molar-refractivity contribution in [1.82, 2.24) is 4.98 Å². The summed E-state index contributed by atoms with van der Waals surface area (Å²) in [4.78, 5) is 17.1. The van der Waals surface area contributed by atoms with Crippen LogP contribution in [0.4, 0.5) is 0 Å². The van der Waals surface area contributed by atoms with Gasteiger partial charge in [-0.1, -0.05) is 6.07 Å². The molecule has 1 aliphatic carbocycles. The lowest BCUT2D eigenvalue weighted by Gasteiger charge is -2.15. The van der Waals surface area contributed by atoms with Crippen LogP contribution in [0.1, 0.15) is 24.1 Å². The van der Waals surface area contributed by atoms with Crippen LogP contribution in [0.5, 0.6) is 11.5 Å². The van der Waals surface area contributed by atoms with Gasteiger partial charge in [0.05, 0.1) is 5.41 Å². The molecule has 0 radical (unpaired) electrons. The van der Waals surface area contributed by atoms with Crippen LogP contribution in [0.15, 0.2) is 36.5 Å². The zero-order valence-electron chi connectivity index (χ0n) is 11.8. The Morgan fingerprint density at radius 1 is 1.18 bits per heavy atom. The highest BCUT2D eigenvalue weighted by molar-refractivity contribution is 14.1. The van der Waals surface area contributed by atoms with Gasteiger partial charge in [-0.05, 0) is 65.3 Å². The van der Waals surface area contributed by atoms with Crippen molar-refractivity contribution in [1.29, 1.82) is 0 Å². The Hall–Kier alpha value is -1.63. The Balaban J connectivity index is 1.58. The third-order valence-electron chi connectivity index (χ3n) is 4.34. The highest BCUT2D eigenvalue weighted by Gasteiger charge is 2.50. The van der Waals surface area contributed by atoms with Crippen LogP contribution in [-0.2, 0) is 16.6 Å². The van der Waals surface area contributed by atoms with Gasteiger partial charge in [0.15, 0.2) is 11.5 Å². The maximum Gasteiger partial charge on any atom is 0.231 e. The summed E-state index contributed by atoms with van der Waals surface area (Å²) in [6, 6.07) is 9.74. The van der Waals surface area contributed by atoms with Crippen molar-refractivity contribution in [2.24, 2.45) is 0 Å². The van der Waals surface area contributed by atoms with Gasteiger partial charge < -0.3 is 9.47 Å². The Labute approximate surface area is 142 Å². The van der Waals surface area contributed by atoms with E-state index in [1.54, 1.807) is 6.20 Å². The van der Waals surface area contributed by atoms with Gasteiger partial charge in [-0.2, -0.15) is 0 Å². The lowest BCUT2D eigenvalue weighted by Crippen LogP contribution is -2.22. The second-order valence-corrected chi connectivity index (χ2v) is 6.96.